The molecule has 0 radical (unpaired) electrons. The van der Waals surface area contributed by atoms with Crippen molar-refractivity contribution in [3.63, 3.8) is 0 Å². The van der Waals surface area contributed by atoms with Crippen LogP contribution in [0.15, 0.2) is 59.4 Å². The zero-order valence-corrected chi connectivity index (χ0v) is 11.6. The van der Waals surface area contributed by atoms with E-state index in [-0.39, 0.29) is 11.6 Å². The van der Waals surface area contributed by atoms with E-state index in [1.54, 1.807) is 10.6 Å². The molecule has 0 saturated heterocycles. The molecule has 0 saturated carbocycles. The summed E-state index contributed by atoms with van der Waals surface area (Å²) in [5, 5.41) is 4.87. The van der Waals surface area contributed by atoms with Gasteiger partial charge in [0.15, 0.2) is 0 Å². The minimum atomic E-state index is -0.190. The number of benzene rings is 2. The summed E-state index contributed by atoms with van der Waals surface area (Å²) in [4.78, 5) is 18.9. The number of rotatable bonds is 3. The topological polar surface area (TPSA) is 72.3 Å². The molecule has 0 aliphatic heterocycles. The van der Waals surface area contributed by atoms with Crippen LogP contribution in [-0.2, 0) is 6.61 Å². The van der Waals surface area contributed by atoms with Gasteiger partial charge in [0, 0.05) is 0 Å². The molecule has 0 aliphatic rings. The Hall–Kier alpha value is -3.15. The highest BCUT2D eigenvalue weighted by Gasteiger charge is 2.10. The lowest BCUT2D eigenvalue weighted by molar-refractivity contribution is 0.281. The molecule has 6 heteroatoms. The molecule has 2 aromatic heterocycles. The molecule has 108 valence electrons. The summed E-state index contributed by atoms with van der Waals surface area (Å²) in [5.41, 5.74) is 1.54. The van der Waals surface area contributed by atoms with Gasteiger partial charge in [-0.3, -0.25) is 9.78 Å². The van der Waals surface area contributed by atoms with Gasteiger partial charge in [0.1, 0.15) is 6.61 Å². The first kappa shape index (κ1) is 12.6. The first-order chi connectivity index (χ1) is 10.8. The summed E-state index contributed by atoms with van der Waals surface area (Å²) in [5.74, 6) is 0.367. The second-order valence-electron chi connectivity index (χ2n) is 4.88. The summed E-state index contributed by atoms with van der Waals surface area (Å²) in [6, 6.07) is 17.2. The predicted molar refractivity (Wildman–Crippen MR) is 81.9 cm³/mol. The first-order valence-corrected chi connectivity index (χ1v) is 6.86. The van der Waals surface area contributed by atoms with Gasteiger partial charge < -0.3 is 4.74 Å². The fraction of sp³-hybridized carbons (Fsp3) is 0.0625. The lowest BCUT2D eigenvalue weighted by Crippen LogP contribution is -2.10. The number of ether oxygens (including phenoxy) is 1. The van der Waals surface area contributed by atoms with Crippen LogP contribution in [0.1, 0.15) is 5.56 Å². The molecule has 4 aromatic rings. The van der Waals surface area contributed by atoms with Gasteiger partial charge >= 0.3 is 6.01 Å². The van der Waals surface area contributed by atoms with Crippen LogP contribution in [0.2, 0.25) is 0 Å². The van der Waals surface area contributed by atoms with Gasteiger partial charge in [0.25, 0.3) is 5.56 Å². The molecule has 0 bridgehead atoms. The summed E-state index contributed by atoms with van der Waals surface area (Å²) >= 11 is 0. The third-order valence-electron chi connectivity index (χ3n) is 3.40. The quantitative estimate of drug-likeness (QED) is 0.628. The Bertz CT molecular complexity index is 1000. The molecule has 0 fully saturated rings. The molecule has 4 rings (SSSR count). The Balaban J connectivity index is 1.74. The standard InChI is InChI=1S/C16H12N4O2/c21-14-12-8-4-5-9-13(12)20-15(17-14)18-16(19-20)22-10-11-6-2-1-3-7-11/h1-9H,10H2,(H,17,18,19,21). The van der Waals surface area contributed by atoms with Gasteiger partial charge in [-0.2, -0.15) is 9.50 Å². The van der Waals surface area contributed by atoms with E-state index in [0.717, 1.165) is 5.56 Å². The van der Waals surface area contributed by atoms with Gasteiger partial charge in [0.2, 0.25) is 5.78 Å². The van der Waals surface area contributed by atoms with Crippen LogP contribution in [0.3, 0.4) is 0 Å². The summed E-state index contributed by atoms with van der Waals surface area (Å²) in [7, 11) is 0. The van der Waals surface area contributed by atoms with Crippen molar-refractivity contribution in [1.82, 2.24) is 19.6 Å². The van der Waals surface area contributed by atoms with Gasteiger partial charge in [-0.25, -0.2) is 0 Å². The third kappa shape index (κ3) is 2.10. The van der Waals surface area contributed by atoms with Crippen LogP contribution in [-0.4, -0.2) is 19.6 Å². The van der Waals surface area contributed by atoms with E-state index in [1.165, 1.54) is 0 Å². The molecular formula is C16H12N4O2. The third-order valence-corrected chi connectivity index (χ3v) is 3.40. The van der Waals surface area contributed by atoms with Crippen LogP contribution < -0.4 is 10.3 Å². The SMILES string of the molecule is O=c1[nH]c2nc(OCc3ccccc3)nn2c2ccccc12. The first-order valence-electron chi connectivity index (χ1n) is 6.86. The van der Waals surface area contributed by atoms with Gasteiger partial charge in [-0.1, -0.05) is 42.5 Å². The lowest BCUT2D eigenvalue weighted by Gasteiger charge is -2.00. The predicted octanol–water partition coefficient (Wildman–Crippen LogP) is 2.15. The number of H-pyrrole nitrogens is 1. The molecule has 0 spiro atoms. The molecule has 2 aromatic carbocycles. The van der Waals surface area contributed by atoms with Crippen LogP contribution in [0.4, 0.5) is 0 Å². The van der Waals surface area contributed by atoms with Crippen molar-refractivity contribution in [2.24, 2.45) is 0 Å². The minimum Gasteiger partial charge on any atom is -0.457 e. The van der Waals surface area contributed by atoms with Gasteiger partial charge in [0.05, 0.1) is 10.9 Å². The van der Waals surface area contributed by atoms with E-state index in [4.69, 9.17) is 4.74 Å². The Morgan fingerprint density at radius 2 is 1.82 bits per heavy atom. The van der Waals surface area contributed by atoms with E-state index in [2.05, 4.69) is 15.1 Å². The van der Waals surface area contributed by atoms with Crippen LogP contribution in [0.5, 0.6) is 6.01 Å². The van der Waals surface area contributed by atoms with Crippen LogP contribution >= 0.6 is 0 Å². The van der Waals surface area contributed by atoms with Crippen molar-refractivity contribution in [2.45, 2.75) is 6.61 Å². The fourth-order valence-corrected chi connectivity index (χ4v) is 2.34. The van der Waals surface area contributed by atoms with E-state index >= 15 is 0 Å². The van der Waals surface area contributed by atoms with Crippen LogP contribution in [0, 0.1) is 0 Å². The maximum Gasteiger partial charge on any atom is 0.338 e. The number of para-hydroxylation sites is 1. The number of aromatic nitrogens is 4. The molecule has 22 heavy (non-hydrogen) atoms. The number of nitrogens with one attached hydrogen (secondary N) is 1. The summed E-state index contributed by atoms with van der Waals surface area (Å²) in [6.45, 7) is 0.375. The second kappa shape index (κ2) is 5.00. The number of hydrogen-bond acceptors (Lipinski definition) is 4. The Kier molecular flexibility index (Phi) is 2.86. The second-order valence-corrected chi connectivity index (χ2v) is 4.88. The van der Waals surface area contributed by atoms with Crippen molar-refractivity contribution in [2.75, 3.05) is 0 Å². The van der Waals surface area contributed by atoms with E-state index in [1.807, 2.05) is 48.5 Å². The highest BCUT2D eigenvalue weighted by molar-refractivity contribution is 5.79. The molecule has 2 heterocycles. The normalized spacial score (nSPS) is 11.1. The molecule has 0 atom stereocenters. The van der Waals surface area contributed by atoms with Crippen molar-refractivity contribution in [3.8, 4) is 6.01 Å². The summed E-state index contributed by atoms with van der Waals surface area (Å²) in [6.07, 6.45) is 0. The monoisotopic (exact) mass is 292 g/mol. The largest absolute Gasteiger partial charge is 0.457 e. The maximum atomic E-state index is 12.0. The molecule has 0 aliphatic carbocycles. The smallest absolute Gasteiger partial charge is 0.338 e. The van der Waals surface area contributed by atoms with Crippen molar-refractivity contribution < 1.29 is 4.74 Å². The number of fused-ring (bicyclic) bond motifs is 3. The van der Waals surface area contributed by atoms with E-state index in [0.29, 0.717) is 23.3 Å². The highest BCUT2D eigenvalue weighted by atomic mass is 16.5. The molecule has 0 amide bonds. The van der Waals surface area contributed by atoms with Crippen molar-refractivity contribution >= 4 is 16.7 Å². The molecular weight excluding hydrogens is 280 g/mol. The van der Waals surface area contributed by atoms with Crippen molar-refractivity contribution in [3.05, 3.63) is 70.5 Å². The minimum absolute atomic E-state index is 0.190. The molecule has 0 unspecified atom stereocenters. The maximum absolute atomic E-state index is 12.0. The number of nitrogens with zero attached hydrogens (tertiary/aromatic N) is 3. The average Bonchev–Trinajstić information content (AvgIpc) is 2.97. The van der Waals surface area contributed by atoms with E-state index in [9.17, 15) is 4.79 Å². The van der Waals surface area contributed by atoms with Crippen molar-refractivity contribution in [1.29, 1.82) is 0 Å². The zero-order chi connectivity index (χ0) is 14.9. The number of aromatic amines is 1. The summed E-state index contributed by atoms with van der Waals surface area (Å²) < 4.78 is 7.18. The Labute approximate surface area is 125 Å². The Morgan fingerprint density at radius 1 is 1.05 bits per heavy atom. The Morgan fingerprint density at radius 3 is 2.68 bits per heavy atom. The molecule has 6 nitrogen and oxygen atoms in total. The number of hydrogen-bond donors (Lipinski definition) is 1. The highest BCUT2D eigenvalue weighted by Crippen LogP contribution is 2.13. The van der Waals surface area contributed by atoms with Crippen LogP contribution in [0.25, 0.3) is 16.7 Å². The lowest BCUT2D eigenvalue weighted by atomic mass is 10.2. The van der Waals surface area contributed by atoms with Gasteiger partial charge in [-0.15, -0.1) is 5.10 Å². The fourth-order valence-electron chi connectivity index (χ4n) is 2.34. The molecule has 1 N–H and O–H groups in total. The zero-order valence-electron chi connectivity index (χ0n) is 11.6. The average molecular weight is 292 g/mol. The van der Waals surface area contributed by atoms with Gasteiger partial charge in [-0.05, 0) is 17.7 Å². The van der Waals surface area contributed by atoms with E-state index < -0.39 is 0 Å².